The van der Waals surface area contributed by atoms with Crippen LogP contribution in [0.1, 0.15) is 23.1 Å². The average molecular weight is 660 g/mol. The molecule has 4 heterocycles. The molecule has 8 rings (SSSR count). The largest absolute Gasteiger partial charge is 0.494 e. The van der Waals surface area contributed by atoms with E-state index in [4.69, 9.17) is 13.6 Å². The van der Waals surface area contributed by atoms with Gasteiger partial charge in [0.1, 0.15) is 6.73 Å². The predicted octanol–water partition coefficient (Wildman–Crippen LogP) is 9.13. The molecule has 0 aliphatic carbocycles. The van der Waals surface area contributed by atoms with Gasteiger partial charge in [0, 0.05) is 46.4 Å². The molecule has 1 aliphatic heterocycles. The maximum atomic E-state index is 14.1. The molecular weight excluding hydrogens is 625 g/mol. The van der Waals surface area contributed by atoms with E-state index in [1.807, 2.05) is 109 Å². The number of fused-ring (bicyclic) bond motifs is 1. The highest BCUT2D eigenvalue weighted by Gasteiger charge is 2.33. The molecule has 3 aromatic heterocycles. The zero-order valence-electron chi connectivity index (χ0n) is 26.1. The summed E-state index contributed by atoms with van der Waals surface area (Å²) in [6.45, 7) is 0.305. The predicted molar refractivity (Wildman–Crippen MR) is 185 cm³/mol. The number of para-hydroxylation sites is 2. The summed E-state index contributed by atoms with van der Waals surface area (Å²) in [4.78, 5) is 3.29. The van der Waals surface area contributed by atoms with Gasteiger partial charge in [0.05, 0.1) is 29.9 Å². The number of nitrogens with one attached hydrogen (secondary N) is 1. The minimum atomic E-state index is -4.22. The number of aromatic nitrogens is 3. The van der Waals surface area contributed by atoms with Crippen LogP contribution in [-0.2, 0) is 51.0 Å². The number of benzene rings is 4. The lowest BCUT2D eigenvalue weighted by atomic mass is 9.96. The summed E-state index contributed by atoms with van der Waals surface area (Å²) in [7, 11) is -4.22. The standard InChI is InChI=1S/C38H34N3O6P/c42-37-34(31-21-39-33-19-8-7-17-29(31)33)35(32-22-40-20-10-16-28-15-9-18-30(32)36(28)40)38(43)41(37)25-47-48(44,45-23-26-11-3-1-4-12-26)46-24-27-13-5-2-6-14-27/h1-9,11-15,17-19,21-22,39,42-43H,10,16,20,23-25H2. The summed E-state index contributed by atoms with van der Waals surface area (Å²) < 4.78 is 35.1. The molecule has 0 spiro atoms. The molecule has 10 heteroatoms. The summed E-state index contributed by atoms with van der Waals surface area (Å²) in [5.74, 6) is -0.467. The van der Waals surface area contributed by atoms with E-state index in [9.17, 15) is 14.8 Å². The van der Waals surface area contributed by atoms with Gasteiger partial charge < -0.3 is 19.8 Å². The molecule has 0 saturated heterocycles. The fourth-order valence-corrected chi connectivity index (χ4v) is 7.75. The topological polar surface area (TPSA) is 111 Å². The van der Waals surface area contributed by atoms with Crippen LogP contribution < -0.4 is 0 Å². The Morgan fingerprint density at radius 2 is 1.33 bits per heavy atom. The van der Waals surface area contributed by atoms with Crippen LogP contribution in [0, 0.1) is 0 Å². The molecular formula is C38H34N3O6P. The van der Waals surface area contributed by atoms with Crippen molar-refractivity contribution in [3.63, 3.8) is 0 Å². The molecule has 0 saturated carbocycles. The van der Waals surface area contributed by atoms with Crippen LogP contribution in [0.4, 0.5) is 0 Å². The van der Waals surface area contributed by atoms with E-state index in [1.54, 1.807) is 0 Å². The molecule has 242 valence electrons. The first kappa shape index (κ1) is 30.3. The van der Waals surface area contributed by atoms with Crippen molar-refractivity contribution in [3.05, 3.63) is 132 Å². The van der Waals surface area contributed by atoms with Crippen LogP contribution in [0.25, 0.3) is 44.1 Å². The second-order valence-corrected chi connectivity index (χ2v) is 13.6. The summed E-state index contributed by atoms with van der Waals surface area (Å²) in [5, 5.41) is 25.8. The third-order valence-electron chi connectivity index (χ3n) is 8.97. The average Bonchev–Trinajstić information content (AvgIpc) is 3.79. The Hall–Kier alpha value is -5.05. The van der Waals surface area contributed by atoms with Crippen molar-refractivity contribution >= 4 is 29.6 Å². The fourth-order valence-electron chi connectivity index (χ4n) is 6.66. The Bertz CT molecular complexity index is 2240. The normalized spacial score (nSPS) is 13.1. The maximum Gasteiger partial charge on any atom is 0.477 e. The van der Waals surface area contributed by atoms with E-state index in [0.29, 0.717) is 16.7 Å². The highest BCUT2D eigenvalue weighted by molar-refractivity contribution is 7.48. The van der Waals surface area contributed by atoms with Crippen molar-refractivity contribution in [2.24, 2.45) is 0 Å². The molecule has 4 aromatic carbocycles. The van der Waals surface area contributed by atoms with Gasteiger partial charge in [-0.15, -0.1) is 0 Å². The van der Waals surface area contributed by atoms with Crippen LogP contribution >= 0.6 is 7.82 Å². The lowest BCUT2D eigenvalue weighted by Crippen LogP contribution is -2.06. The first-order valence-electron chi connectivity index (χ1n) is 15.9. The lowest BCUT2D eigenvalue weighted by Gasteiger charge is -2.19. The molecule has 0 amide bonds. The molecule has 3 N–H and O–H groups in total. The quantitative estimate of drug-likeness (QED) is 0.120. The fraction of sp³-hybridized carbons (Fsp3) is 0.158. The van der Waals surface area contributed by atoms with Gasteiger partial charge in [-0.1, -0.05) is 97.1 Å². The second-order valence-electron chi connectivity index (χ2n) is 11.9. The molecule has 0 unspecified atom stereocenters. The van der Waals surface area contributed by atoms with Crippen molar-refractivity contribution in [1.29, 1.82) is 0 Å². The highest BCUT2D eigenvalue weighted by Crippen LogP contribution is 2.55. The van der Waals surface area contributed by atoms with Gasteiger partial charge in [0.2, 0.25) is 11.8 Å². The Morgan fingerprint density at radius 3 is 2.04 bits per heavy atom. The molecule has 7 aromatic rings. The van der Waals surface area contributed by atoms with Crippen molar-refractivity contribution in [2.75, 3.05) is 0 Å². The maximum absolute atomic E-state index is 14.1. The highest BCUT2D eigenvalue weighted by atomic mass is 31.2. The number of phosphoric acid groups is 1. The van der Waals surface area contributed by atoms with E-state index in [0.717, 1.165) is 57.9 Å². The number of phosphoric ester groups is 1. The minimum absolute atomic E-state index is 0.0236. The van der Waals surface area contributed by atoms with Crippen molar-refractivity contribution in [2.45, 2.75) is 39.3 Å². The minimum Gasteiger partial charge on any atom is -0.494 e. The van der Waals surface area contributed by atoms with Gasteiger partial charge in [-0.3, -0.25) is 18.1 Å². The van der Waals surface area contributed by atoms with E-state index in [2.05, 4.69) is 15.6 Å². The first-order chi connectivity index (χ1) is 23.5. The number of hydrogen-bond donors (Lipinski definition) is 3. The van der Waals surface area contributed by atoms with Gasteiger partial charge in [0.25, 0.3) is 0 Å². The zero-order chi connectivity index (χ0) is 32.7. The van der Waals surface area contributed by atoms with Crippen LogP contribution in [0.3, 0.4) is 0 Å². The molecule has 0 fully saturated rings. The Morgan fingerprint density at radius 1 is 0.708 bits per heavy atom. The smallest absolute Gasteiger partial charge is 0.477 e. The molecule has 0 bridgehead atoms. The number of aryl methyl sites for hydroxylation is 2. The molecule has 0 radical (unpaired) electrons. The number of nitrogens with zero attached hydrogens (tertiary/aromatic N) is 2. The number of H-pyrrole nitrogens is 1. The summed E-state index contributed by atoms with van der Waals surface area (Å²) in [6, 6.07) is 32.6. The monoisotopic (exact) mass is 659 g/mol. The summed E-state index contributed by atoms with van der Waals surface area (Å²) in [6.07, 6.45) is 5.86. The molecule has 0 atom stereocenters. The van der Waals surface area contributed by atoms with Gasteiger partial charge in [-0.25, -0.2) is 4.57 Å². The van der Waals surface area contributed by atoms with Crippen molar-refractivity contribution in [3.8, 4) is 34.0 Å². The Labute approximate surface area is 277 Å². The number of aromatic amines is 1. The summed E-state index contributed by atoms with van der Waals surface area (Å²) >= 11 is 0. The van der Waals surface area contributed by atoms with Crippen LogP contribution in [-0.4, -0.2) is 24.3 Å². The number of rotatable bonds is 11. The molecule has 1 aliphatic rings. The Balaban J connectivity index is 1.21. The van der Waals surface area contributed by atoms with E-state index >= 15 is 0 Å². The van der Waals surface area contributed by atoms with Crippen LogP contribution in [0.2, 0.25) is 0 Å². The first-order valence-corrected chi connectivity index (χ1v) is 17.4. The SMILES string of the molecule is O=P(OCc1ccccc1)(OCc1ccccc1)OCn1c(O)c(-c2c[nH]c3ccccc23)c(-c2cn3c4c(cccc24)CCC3)c1O. The van der Waals surface area contributed by atoms with Crippen molar-refractivity contribution < 1.29 is 28.3 Å². The second kappa shape index (κ2) is 12.5. The van der Waals surface area contributed by atoms with E-state index in [-0.39, 0.29) is 25.0 Å². The zero-order valence-corrected chi connectivity index (χ0v) is 27.0. The van der Waals surface area contributed by atoms with Gasteiger partial charge in [-0.2, -0.15) is 0 Å². The lowest BCUT2D eigenvalue weighted by molar-refractivity contribution is 0.0764. The van der Waals surface area contributed by atoms with Gasteiger partial charge >= 0.3 is 7.82 Å². The van der Waals surface area contributed by atoms with E-state index in [1.165, 1.54) is 10.1 Å². The Kier molecular flexibility index (Phi) is 7.90. The van der Waals surface area contributed by atoms with Gasteiger partial charge in [-0.05, 0) is 35.6 Å². The van der Waals surface area contributed by atoms with Crippen LogP contribution in [0.15, 0.2) is 116 Å². The van der Waals surface area contributed by atoms with Crippen molar-refractivity contribution in [1.82, 2.24) is 14.1 Å². The molecule has 48 heavy (non-hydrogen) atoms. The third-order valence-corrected chi connectivity index (χ3v) is 10.3. The number of aromatic hydroxyl groups is 2. The van der Waals surface area contributed by atoms with Gasteiger partial charge in [0.15, 0.2) is 0 Å². The molecule has 9 nitrogen and oxygen atoms in total. The number of hydrogen-bond acceptors (Lipinski definition) is 6. The van der Waals surface area contributed by atoms with E-state index < -0.39 is 14.6 Å². The van der Waals surface area contributed by atoms with Crippen LogP contribution in [0.5, 0.6) is 11.8 Å². The third kappa shape index (κ3) is 5.51. The summed E-state index contributed by atoms with van der Waals surface area (Å²) in [5.41, 5.74) is 7.21.